The predicted molar refractivity (Wildman–Crippen MR) is 92.9 cm³/mol. The van der Waals surface area contributed by atoms with E-state index in [1.807, 2.05) is 25.1 Å². The molecule has 0 aliphatic carbocycles. The summed E-state index contributed by atoms with van der Waals surface area (Å²) in [5.41, 5.74) is 5.94. The Kier molecular flexibility index (Phi) is 5.94. The molecule has 0 radical (unpaired) electrons. The molecule has 7 heteroatoms. The number of ether oxygens (including phenoxy) is 1. The number of amides is 2. The smallest absolute Gasteiger partial charge is 0.279 e. The number of hydrogen-bond donors (Lipinski definition) is 2. The lowest BCUT2D eigenvalue weighted by Gasteiger charge is -2.16. The summed E-state index contributed by atoms with van der Waals surface area (Å²) in [6, 6.07) is 12.3. The van der Waals surface area contributed by atoms with Gasteiger partial charge in [0.25, 0.3) is 11.8 Å². The van der Waals surface area contributed by atoms with Crippen LogP contribution in [0.1, 0.15) is 17.3 Å². The average molecular weight is 345 g/mol. The lowest BCUT2D eigenvalue weighted by Crippen LogP contribution is -2.47. The van der Waals surface area contributed by atoms with Crippen molar-refractivity contribution in [2.24, 2.45) is 0 Å². The van der Waals surface area contributed by atoms with Gasteiger partial charge in [-0.2, -0.15) is 0 Å². The maximum Gasteiger partial charge on any atom is 0.279 e. The highest BCUT2D eigenvalue weighted by atomic mass is 19.1. The summed E-state index contributed by atoms with van der Waals surface area (Å²) in [5, 5.41) is 0. The lowest BCUT2D eigenvalue weighted by molar-refractivity contribution is -0.128. The molecule has 1 atom stereocenters. The van der Waals surface area contributed by atoms with Gasteiger partial charge in [-0.05, 0) is 49.4 Å². The SMILES string of the molecule is CC(Oc1ccc(F)cc1)C(=O)NNC(=O)c1cccc(N(C)C)c1. The minimum Gasteiger partial charge on any atom is -0.481 e. The maximum atomic E-state index is 12.8. The third-order valence-corrected chi connectivity index (χ3v) is 3.42. The van der Waals surface area contributed by atoms with Crippen LogP contribution in [0, 0.1) is 5.82 Å². The van der Waals surface area contributed by atoms with Crippen molar-refractivity contribution in [1.29, 1.82) is 0 Å². The first-order chi connectivity index (χ1) is 11.9. The molecular weight excluding hydrogens is 325 g/mol. The van der Waals surface area contributed by atoms with E-state index in [0.29, 0.717) is 11.3 Å². The van der Waals surface area contributed by atoms with Crippen molar-refractivity contribution in [3.05, 3.63) is 59.9 Å². The molecular formula is C18H20FN3O3. The van der Waals surface area contributed by atoms with Gasteiger partial charge in [-0.25, -0.2) is 4.39 Å². The Morgan fingerprint density at radius 3 is 2.40 bits per heavy atom. The van der Waals surface area contributed by atoms with E-state index in [2.05, 4.69) is 10.9 Å². The number of anilines is 1. The van der Waals surface area contributed by atoms with Gasteiger partial charge in [0.05, 0.1) is 0 Å². The fraction of sp³-hybridized carbons (Fsp3) is 0.222. The van der Waals surface area contributed by atoms with Gasteiger partial charge in [0, 0.05) is 25.3 Å². The van der Waals surface area contributed by atoms with E-state index >= 15 is 0 Å². The van der Waals surface area contributed by atoms with Crippen molar-refractivity contribution in [2.45, 2.75) is 13.0 Å². The van der Waals surface area contributed by atoms with Crippen LogP contribution in [-0.2, 0) is 4.79 Å². The second kappa shape index (κ2) is 8.14. The lowest BCUT2D eigenvalue weighted by atomic mass is 10.2. The number of nitrogens with zero attached hydrogens (tertiary/aromatic N) is 1. The molecule has 2 amide bonds. The molecule has 0 fully saturated rings. The fourth-order valence-corrected chi connectivity index (χ4v) is 1.99. The molecule has 2 aromatic rings. The molecule has 25 heavy (non-hydrogen) atoms. The van der Waals surface area contributed by atoms with Gasteiger partial charge in [0.2, 0.25) is 0 Å². The van der Waals surface area contributed by atoms with E-state index in [9.17, 15) is 14.0 Å². The number of nitrogens with one attached hydrogen (secondary N) is 2. The molecule has 0 heterocycles. The third kappa shape index (κ3) is 5.20. The molecule has 0 aliphatic rings. The molecule has 0 bridgehead atoms. The first-order valence-electron chi connectivity index (χ1n) is 7.66. The monoisotopic (exact) mass is 345 g/mol. The van der Waals surface area contributed by atoms with Crippen LogP contribution in [0.25, 0.3) is 0 Å². The number of benzene rings is 2. The Balaban J connectivity index is 1.89. The van der Waals surface area contributed by atoms with Crippen molar-refractivity contribution in [3.8, 4) is 5.75 Å². The number of halogens is 1. The Labute approximate surface area is 145 Å². The predicted octanol–water partition coefficient (Wildman–Crippen LogP) is 2.12. The molecule has 0 aromatic heterocycles. The molecule has 0 spiro atoms. The van der Waals surface area contributed by atoms with Crippen molar-refractivity contribution in [3.63, 3.8) is 0 Å². The van der Waals surface area contributed by atoms with Crippen LogP contribution in [0.5, 0.6) is 5.75 Å². The molecule has 0 saturated heterocycles. The summed E-state index contributed by atoms with van der Waals surface area (Å²) in [6.07, 6.45) is -0.862. The molecule has 2 rings (SSSR count). The molecule has 132 valence electrons. The second-order valence-corrected chi connectivity index (χ2v) is 5.60. The van der Waals surface area contributed by atoms with E-state index in [1.165, 1.54) is 31.2 Å². The van der Waals surface area contributed by atoms with Crippen LogP contribution in [-0.4, -0.2) is 32.0 Å². The van der Waals surface area contributed by atoms with E-state index < -0.39 is 23.7 Å². The van der Waals surface area contributed by atoms with Crippen LogP contribution in [0.15, 0.2) is 48.5 Å². The van der Waals surface area contributed by atoms with Gasteiger partial charge < -0.3 is 9.64 Å². The molecule has 2 N–H and O–H groups in total. The second-order valence-electron chi connectivity index (χ2n) is 5.60. The average Bonchev–Trinajstić information content (AvgIpc) is 2.61. The number of hydrazine groups is 1. The van der Waals surface area contributed by atoms with Crippen molar-refractivity contribution in [2.75, 3.05) is 19.0 Å². The zero-order chi connectivity index (χ0) is 18.4. The quantitative estimate of drug-likeness (QED) is 0.815. The zero-order valence-electron chi connectivity index (χ0n) is 14.2. The van der Waals surface area contributed by atoms with Gasteiger partial charge in [0.1, 0.15) is 11.6 Å². The summed E-state index contributed by atoms with van der Waals surface area (Å²) < 4.78 is 18.2. The Morgan fingerprint density at radius 1 is 1.08 bits per heavy atom. The van der Waals surface area contributed by atoms with Crippen LogP contribution in [0.3, 0.4) is 0 Å². The largest absolute Gasteiger partial charge is 0.481 e. The maximum absolute atomic E-state index is 12.8. The number of rotatable bonds is 5. The van der Waals surface area contributed by atoms with Gasteiger partial charge in [-0.15, -0.1) is 0 Å². The summed E-state index contributed by atoms with van der Waals surface area (Å²) >= 11 is 0. The first kappa shape index (κ1) is 18.3. The molecule has 0 saturated carbocycles. The van der Waals surface area contributed by atoms with Gasteiger partial charge in [-0.1, -0.05) is 6.07 Å². The highest BCUT2D eigenvalue weighted by Crippen LogP contribution is 2.14. The minimum absolute atomic E-state index is 0.356. The summed E-state index contributed by atoms with van der Waals surface area (Å²) in [4.78, 5) is 26.0. The minimum atomic E-state index is -0.862. The number of carbonyl (C=O) groups excluding carboxylic acids is 2. The molecule has 2 aromatic carbocycles. The summed E-state index contributed by atoms with van der Waals surface area (Å²) in [5.74, 6) is -1.00. The zero-order valence-corrected chi connectivity index (χ0v) is 14.2. The topological polar surface area (TPSA) is 70.7 Å². The van der Waals surface area contributed by atoms with Crippen LogP contribution < -0.4 is 20.5 Å². The Hall–Kier alpha value is -3.09. The van der Waals surface area contributed by atoms with E-state index in [0.717, 1.165) is 5.69 Å². The Morgan fingerprint density at radius 2 is 1.76 bits per heavy atom. The molecule has 1 unspecified atom stereocenters. The van der Waals surface area contributed by atoms with E-state index in [4.69, 9.17) is 4.74 Å². The fourth-order valence-electron chi connectivity index (χ4n) is 1.99. The molecule has 6 nitrogen and oxygen atoms in total. The standard InChI is InChI=1S/C18H20FN3O3/c1-12(25-16-9-7-14(19)8-10-16)17(23)20-21-18(24)13-5-4-6-15(11-13)22(2)3/h4-12H,1-3H3,(H,20,23)(H,21,24). The Bertz CT molecular complexity index is 747. The van der Waals surface area contributed by atoms with Crippen molar-refractivity contribution in [1.82, 2.24) is 10.9 Å². The number of carbonyl (C=O) groups is 2. The van der Waals surface area contributed by atoms with Crippen molar-refractivity contribution < 1.29 is 18.7 Å². The molecule has 0 aliphatic heterocycles. The van der Waals surface area contributed by atoms with E-state index in [1.54, 1.807) is 18.2 Å². The van der Waals surface area contributed by atoms with Gasteiger partial charge >= 0.3 is 0 Å². The normalized spacial score (nSPS) is 11.4. The van der Waals surface area contributed by atoms with Crippen LogP contribution in [0.2, 0.25) is 0 Å². The summed E-state index contributed by atoms with van der Waals surface area (Å²) in [6.45, 7) is 1.53. The summed E-state index contributed by atoms with van der Waals surface area (Å²) in [7, 11) is 3.74. The number of hydrogen-bond acceptors (Lipinski definition) is 4. The third-order valence-electron chi connectivity index (χ3n) is 3.42. The van der Waals surface area contributed by atoms with Crippen molar-refractivity contribution >= 4 is 17.5 Å². The highest BCUT2D eigenvalue weighted by Gasteiger charge is 2.16. The highest BCUT2D eigenvalue weighted by molar-refractivity contribution is 5.96. The first-order valence-corrected chi connectivity index (χ1v) is 7.66. The van der Waals surface area contributed by atoms with Gasteiger partial charge in [0.15, 0.2) is 6.10 Å². The van der Waals surface area contributed by atoms with Gasteiger partial charge in [-0.3, -0.25) is 20.4 Å². The van der Waals surface area contributed by atoms with E-state index in [-0.39, 0.29) is 0 Å². The van der Waals surface area contributed by atoms with Crippen LogP contribution in [0.4, 0.5) is 10.1 Å². The van der Waals surface area contributed by atoms with Crippen LogP contribution >= 0.6 is 0 Å².